The third-order valence-corrected chi connectivity index (χ3v) is 7.37. The van der Waals surface area contributed by atoms with Gasteiger partial charge in [0.1, 0.15) is 0 Å². The summed E-state index contributed by atoms with van der Waals surface area (Å²) in [7, 11) is 0. The summed E-state index contributed by atoms with van der Waals surface area (Å²) >= 11 is 8.98. The Balaban J connectivity index is 1.39. The lowest BCUT2D eigenvalue weighted by atomic mass is 10.1. The number of fused-ring (bicyclic) bond motifs is 1. The number of benzene rings is 3. The molecule has 2 N–H and O–H groups in total. The van der Waals surface area contributed by atoms with E-state index >= 15 is 0 Å². The van der Waals surface area contributed by atoms with Crippen molar-refractivity contribution < 1.29 is 9.59 Å². The van der Waals surface area contributed by atoms with Crippen molar-refractivity contribution in [1.82, 2.24) is 4.98 Å². The molecule has 2 amide bonds. The van der Waals surface area contributed by atoms with Gasteiger partial charge in [0, 0.05) is 22.0 Å². The summed E-state index contributed by atoms with van der Waals surface area (Å²) < 4.78 is 1.74. The molecule has 8 heteroatoms. The molecule has 0 radical (unpaired) electrons. The predicted octanol–water partition coefficient (Wildman–Crippen LogP) is 6.55. The summed E-state index contributed by atoms with van der Waals surface area (Å²) in [6.07, 6.45) is 0. The molecule has 0 unspecified atom stereocenters. The number of nitrogens with one attached hydrogen (secondary N) is 2. The molecular weight excluding hydrogens is 462 g/mol. The molecule has 1 heterocycles. The Morgan fingerprint density at radius 2 is 1.72 bits per heavy atom. The molecule has 0 saturated carbocycles. The van der Waals surface area contributed by atoms with E-state index in [1.807, 2.05) is 62.4 Å². The number of aryl methyl sites for hydroxylation is 2. The van der Waals surface area contributed by atoms with Crippen molar-refractivity contribution in [1.29, 1.82) is 0 Å². The van der Waals surface area contributed by atoms with Crippen LogP contribution in [0.2, 0.25) is 5.02 Å². The molecule has 4 aromatic rings. The van der Waals surface area contributed by atoms with Crippen LogP contribution in [0.4, 0.5) is 11.4 Å². The Morgan fingerprint density at radius 3 is 2.50 bits per heavy atom. The van der Waals surface area contributed by atoms with Crippen LogP contribution in [-0.2, 0) is 4.79 Å². The summed E-state index contributed by atoms with van der Waals surface area (Å²) in [6.45, 7) is 3.82. The fourth-order valence-electron chi connectivity index (χ4n) is 3.06. The van der Waals surface area contributed by atoms with Crippen molar-refractivity contribution in [2.75, 3.05) is 16.4 Å². The van der Waals surface area contributed by atoms with Gasteiger partial charge in [-0.1, -0.05) is 47.6 Å². The molecule has 0 aliphatic heterocycles. The molecule has 32 heavy (non-hydrogen) atoms. The third kappa shape index (κ3) is 5.30. The minimum absolute atomic E-state index is 0.125. The van der Waals surface area contributed by atoms with Gasteiger partial charge in [-0.3, -0.25) is 9.59 Å². The van der Waals surface area contributed by atoms with Crippen molar-refractivity contribution in [3.63, 3.8) is 0 Å². The second-order valence-electron chi connectivity index (χ2n) is 7.23. The summed E-state index contributed by atoms with van der Waals surface area (Å²) in [4.78, 5) is 29.4. The zero-order chi connectivity index (χ0) is 22.7. The number of thioether (sulfide) groups is 1. The second kappa shape index (κ2) is 9.73. The van der Waals surface area contributed by atoms with E-state index in [0.29, 0.717) is 22.0 Å². The number of hydrogen-bond acceptors (Lipinski definition) is 5. The monoisotopic (exact) mass is 481 g/mol. The molecule has 1 aromatic heterocycles. The molecule has 162 valence electrons. The average molecular weight is 482 g/mol. The summed E-state index contributed by atoms with van der Waals surface area (Å²) in [6, 6.07) is 18.5. The van der Waals surface area contributed by atoms with Crippen LogP contribution in [0.3, 0.4) is 0 Å². The summed E-state index contributed by atoms with van der Waals surface area (Å²) in [5.74, 6) is -0.0304. The van der Waals surface area contributed by atoms with Crippen LogP contribution in [-0.4, -0.2) is 22.6 Å². The highest BCUT2D eigenvalue weighted by Gasteiger charge is 2.12. The Hall–Kier alpha value is -2.87. The van der Waals surface area contributed by atoms with E-state index in [0.717, 1.165) is 25.7 Å². The molecule has 4 rings (SSSR count). The van der Waals surface area contributed by atoms with E-state index in [1.54, 1.807) is 12.1 Å². The maximum atomic E-state index is 12.6. The van der Waals surface area contributed by atoms with Crippen LogP contribution in [0.15, 0.2) is 65.0 Å². The van der Waals surface area contributed by atoms with Crippen LogP contribution in [0.25, 0.3) is 10.2 Å². The van der Waals surface area contributed by atoms with E-state index in [-0.39, 0.29) is 17.6 Å². The van der Waals surface area contributed by atoms with E-state index in [4.69, 9.17) is 11.6 Å². The van der Waals surface area contributed by atoms with E-state index in [1.165, 1.54) is 23.1 Å². The minimum Gasteiger partial charge on any atom is -0.325 e. The van der Waals surface area contributed by atoms with Crippen LogP contribution in [0, 0.1) is 13.8 Å². The minimum atomic E-state index is -0.144. The Bertz CT molecular complexity index is 1320. The van der Waals surface area contributed by atoms with Crippen molar-refractivity contribution in [2.24, 2.45) is 0 Å². The van der Waals surface area contributed by atoms with Crippen LogP contribution in [0.5, 0.6) is 0 Å². The zero-order valence-corrected chi connectivity index (χ0v) is 19.8. The first-order valence-corrected chi connectivity index (χ1v) is 12.0. The van der Waals surface area contributed by atoms with Crippen LogP contribution in [0.1, 0.15) is 21.5 Å². The van der Waals surface area contributed by atoms with Gasteiger partial charge in [-0.25, -0.2) is 4.98 Å². The highest BCUT2D eigenvalue weighted by atomic mass is 35.5. The van der Waals surface area contributed by atoms with Gasteiger partial charge in [-0.15, -0.1) is 11.3 Å². The first kappa shape index (κ1) is 22.3. The Morgan fingerprint density at radius 1 is 0.969 bits per heavy atom. The molecule has 0 atom stereocenters. The molecule has 0 bridgehead atoms. The number of aromatic nitrogens is 1. The van der Waals surface area contributed by atoms with Gasteiger partial charge in [0.05, 0.1) is 16.0 Å². The van der Waals surface area contributed by atoms with Crippen molar-refractivity contribution in [3.8, 4) is 0 Å². The number of nitrogens with zero attached hydrogens (tertiary/aromatic N) is 1. The van der Waals surface area contributed by atoms with E-state index in [2.05, 4.69) is 15.6 Å². The Labute approximate surface area is 199 Å². The topological polar surface area (TPSA) is 71.1 Å². The summed E-state index contributed by atoms with van der Waals surface area (Å²) in [5.41, 5.74) is 4.74. The highest BCUT2D eigenvalue weighted by Crippen LogP contribution is 2.31. The first-order chi connectivity index (χ1) is 15.4. The predicted molar refractivity (Wildman–Crippen MR) is 134 cm³/mol. The second-order valence-corrected chi connectivity index (χ2v) is 9.89. The molecular formula is C24H20ClN3O2S2. The quantitative estimate of drug-likeness (QED) is 0.306. The third-order valence-electron chi connectivity index (χ3n) is 4.80. The maximum Gasteiger partial charge on any atom is 0.255 e. The lowest BCUT2D eigenvalue weighted by Crippen LogP contribution is -2.13. The largest absolute Gasteiger partial charge is 0.325 e. The fourth-order valence-corrected chi connectivity index (χ4v) is 5.15. The average Bonchev–Trinajstić information content (AvgIpc) is 3.17. The SMILES string of the molecule is Cc1ccc(NC(=O)CSc2nc3ccc(NC(=O)c4ccccc4C)cc3s2)cc1Cl. The lowest BCUT2D eigenvalue weighted by molar-refractivity contribution is -0.113. The van der Waals surface area contributed by atoms with Crippen molar-refractivity contribution in [2.45, 2.75) is 18.2 Å². The number of carbonyl (C=O) groups excluding carboxylic acids is 2. The summed E-state index contributed by atoms with van der Waals surface area (Å²) in [5, 5.41) is 6.41. The molecule has 0 spiro atoms. The van der Waals surface area contributed by atoms with Gasteiger partial charge in [-0.2, -0.15) is 0 Å². The van der Waals surface area contributed by atoms with E-state index in [9.17, 15) is 9.59 Å². The van der Waals surface area contributed by atoms with E-state index < -0.39 is 0 Å². The van der Waals surface area contributed by atoms with Crippen molar-refractivity contribution >= 4 is 68.1 Å². The number of carbonyl (C=O) groups is 2. The van der Waals surface area contributed by atoms with Crippen LogP contribution < -0.4 is 10.6 Å². The number of anilines is 2. The molecule has 0 aliphatic carbocycles. The Kier molecular flexibility index (Phi) is 6.79. The van der Waals surface area contributed by atoms with Crippen molar-refractivity contribution in [3.05, 3.63) is 82.4 Å². The molecule has 0 fully saturated rings. The molecule has 3 aromatic carbocycles. The normalized spacial score (nSPS) is 10.8. The van der Waals surface area contributed by atoms with Gasteiger partial charge < -0.3 is 10.6 Å². The lowest BCUT2D eigenvalue weighted by Gasteiger charge is -2.07. The fraction of sp³-hybridized carbons (Fsp3) is 0.125. The smallest absolute Gasteiger partial charge is 0.255 e. The first-order valence-electron chi connectivity index (χ1n) is 9.85. The van der Waals surface area contributed by atoms with Gasteiger partial charge >= 0.3 is 0 Å². The number of halogens is 1. The maximum absolute atomic E-state index is 12.6. The van der Waals surface area contributed by atoms with Gasteiger partial charge in [0.15, 0.2) is 4.34 Å². The molecule has 0 aliphatic rings. The number of hydrogen-bond donors (Lipinski definition) is 2. The molecule has 0 saturated heterocycles. The molecule has 5 nitrogen and oxygen atoms in total. The van der Waals surface area contributed by atoms with Gasteiger partial charge in [0.2, 0.25) is 5.91 Å². The number of amides is 2. The van der Waals surface area contributed by atoms with Gasteiger partial charge in [0.25, 0.3) is 5.91 Å². The highest BCUT2D eigenvalue weighted by molar-refractivity contribution is 8.01. The number of rotatable bonds is 6. The van der Waals surface area contributed by atoms with Gasteiger partial charge in [-0.05, 0) is 61.4 Å². The standard InChI is InChI=1S/C24H20ClN3O2S2/c1-14-5-3-4-6-18(14)23(30)27-17-9-10-20-21(12-17)32-24(28-20)31-13-22(29)26-16-8-7-15(2)19(25)11-16/h3-12H,13H2,1-2H3,(H,26,29)(H,27,30). The number of thiazole rings is 1. The van der Waals surface area contributed by atoms with Crippen LogP contribution >= 0.6 is 34.7 Å². The zero-order valence-electron chi connectivity index (χ0n) is 17.4.